The summed E-state index contributed by atoms with van der Waals surface area (Å²) >= 11 is 1.99. The summed E-state index contributed by atoms with van der Waals surface area (Å²) in [5.41, 5.74) is 2.44. The van der Waals surface area contributed by atoms with Gasteiger partial charge in [0.2, 0.25) is 11.9 Å². The summed E-state index contributed by atoms with van der Waals surface area (Å²) in [7, 11) is 0. The van der Waals surface area contributed by atoms with Crippen LogP contribution in [0.5, 0.6) is 0 Å². The van der Waals surface area contributed by atoms with Crippen LogP contribution in [0, 0.1) is 0 Å². The van der Waals surface area contributed by atoms with Crippen molar-refractivity contribution in [1.29, 1.82) is 0 Å². The van der Waals surface area contributed by atoms with E-state index >= 15 is 0 Å². The second kappa shape index (κ2) is 6.68. The minimum absolute atomic E-state index is 0.286. The molecule has 1 fully saturated rings. The Labute approximate surface area is 126 Å². The summed E-state index contributed by atoms with van der Waals surface area (Å²) < 4.78 is 1.46. The molecule has 1 saturated heterocycles. The maximum absolute atomic E-state index is 5.40. The molecule has 9 nitrogen and oxygen atoms in total. The number of nitrogens with two attached hydrogens (primary N) is 1. The maximum atomic E-state index is 5.40. The molecule has 2 aromatic heterocycles. The van der Waals surface area contributed by atoms with E-state index in [0.29, 0.717) is 17.1 Å². The van der Waals surface area contributed by atoms with Crippen molar-refractivity contribution in [2.24, 2.45) is 5.84 Å². The van der Waals surface area contributed by atoms with Crippen LogP contribution in [0.15, 0.2) is 12.7 Å². The minimum atomic E-state index is 0.286. The highest BCUT2D eigenvalue weighted by molar-refractivity contribution is 7.99. The normalized spacial score (nSPS) is 18.4. The molecule has 1 unspecified atom stereocenters. The molecule has 1 atom stereocenters. The molecule has 1 aliphatic heterocycles. The number of hydrogen-bond acceptors (Lipinski definition) is 9. The Hall–Kier alpha value is -1.94. The van der Waals surface area contributed by atoms with E-state index < -0.39 is 0 Å². The Morgan fingerprint density at radius 2 is 2.19 bits per heavy atom. The number of nitrogens with zero attached hydrogens (tertiary/aromatic N) is 6. The Morgan fingerprint density at radius 3 is 2.90 bits per heavy atom. The van der Waals surface area contributed by atoms with E-state index in [0.717, 1.165) is 6.54 Å². The van der Waals surface area contributed by atoms with Gasteiger partial charge in [-0.2, -0.15) is 36.5 Å². The number of thioether (sulfide) groups is 1. The van der Waals surface area contributed by atoms with Crippen molar-refractivity contribution < 1.29 is 0 Å². The van der Waals surface area contributed by atoms with Gasteiger partial charge in [-0.1, -0.05) is 6.42 Å². The average Bonchev–Trinajstić information content (AvgIpc) is 3.08. The van der Waals surface area contributed by atoms with Crippen LogP contribution >= 0.6 is 11.8 Å². The highest BCUT2D eigenvalue weighted by atomic mass is 32.2. The molecule has 10 heteroatoms. The minimum Gasteiger partial charge on any atom is -0.353 e. The average molecular weight is 307 g/mol. The summed E-state index contributed by atoms with van der Waals surface area (Å²) in [5.74, 6) is 7.76. The van der Waals surface area contributed by atoms with Gasteiger partial charge in [-0.25, -0.2) is 10.8 Å². The van der Waals surface area contributed by atoms with E-state index in [1.54, 1.807) is 0 Å². The molecular formula is C11H17N9S. The van der Waals surface area contributed by atoms with Crippen LogP contribution in [0.2, 0.25) is 0 Å². The third-order valence-electron chi connectivity index (χ3n) is 3.14. The van der Waals surface area contributed by atoms with E-state index in [-0.39, 0.29) is 5.95 Å². The predicted molar refractivity (Wildman–Crippen MR) is 81.1 cm³/mol. The molecule has 0 bridgehead atoms. The molecule has 3 heterocycles. The van der Waals surface area contributed by atoms with E-state index in [1.165, 1.54) is 42.4 Å². The molecule has 0 saturated carbocycles. The van der Waals surface area contributed by atoms with Gasteiger partial charge in [0.15, 0.2) is 0 Å². The fourth-order valence-corrected chi connectivity index (χ4v) is 3.33. The topological polar surface area (TPSA) is 119 Å². The summed E-state index contributed by atoms with van der Waals surface area (Å²) in [6.07, 6.45) is 6.77. The van der Waals surface area contributed by atoms with Gasteiger partial charge in [0, 0.05) is 11.8 Å². The second-order valence-corrected chi connectivity index (χ2v) is 6.04. The van der Waals surface area contributed by atoms with Crippen LogP contribution in [0.25, 0.3) is 5.95 Å². The van der Waals surface area contributed by atoms with Crippen LogP contribution in [0.4, 0.5) is 11.9 Å². The van der Waals surface area contributed by atoms with Gasteiger partial charge in [-0.15, -0.1) is 0 Å². The van der Waals surface area contributed by atoms with E-state index in [9.17, 15) is 0 Å². The molecule has 0 aromatic carbocycles. The van der Waals surface area contributed by atoms with E-state index in [4.69, 9.17) is 5.84 Å². The van der Waals surface area contributed by atoms with Gasteiger partial charge in [0.1, 0.15) is 12.7 Å². The van der Waals surface area contributed by atoms with Crippen molar-refractivity contribution in [3.8, 4) is 5.95 Å². The van der Waals surface area contributed by atoms with Crippen molar-refractivity contribution >= 4 is 23.7 Å². The van der Waals surface area contributed by atoms with E-state index in [1.807, 2.05) is 11.8 Å². The standard InChI is InChI=1S/C11H17N9S/c12-19-10-16-9(14-5-8-3-1-2-4-21-8)17-11(18-10)20-7-13-6-15-20/h6-8H,1-5,12H2,(H2,14,16,17,18,19). The number of aromatic nitrogens is 6. The molecule has 0 spiro atoms. The number of hydrazine groups is 1. The highest BCUT2D eigenvalue weighted by Crippen LogP contribution is 2.25. The Morgan fingerprint density at radius 1 is 1.29 bits per heavy atom. The number of rotatable bonds is 5. The lowest BCUT2D eigenvalue weighted by atomic mass is 10.2. The van der Waals surface area contributed by atoms with Crippen molar-refractivity contribution in [3.63, 3.8) is 0 Å². The third-order valence-corrected chi connectivity index (χ3v) is 4.54. The summed E-state index contributed by atoms with van der Waals surface area (Å²) in [5, 5.41) is 7.85. The first-order valence-corrected chi connectivity index (χ1v) is 7.83. The van der Waals surface area contributed by atoms with E-state index in [2.05, 4.69) is 35.8 Å². The largest absolute Gasteiger partial charge is 0.353 e. The Bertz CT molecular complexity index is 567. The monoisotopic (exact) mass is 307 g/mol. The van der Waals surface area contributed by atoms with Crippen LogP contribution in [-0.2, 0) is 0 Å². The highest BCUT2D eigenvalue weighted by Gasteiger charge is 2.15. The predicted octanol–water partition coefficient (Wildman–Crippen LogP) is 0.435. The number of anilines is 2. The van der Waals surface area contributed by atoms with Gasteiger partial charge in [0.05, 0.1) is 0 Å². The number of nitrogens with one attached hydrogen (secondary N) is 2. The van der Waals surface area contributed by atoms with Crippen molar-refractivity contribution in [1.82, 2.24) is 29.7 Å². The molecule has 112 valence electrons. The molecule has 0 amide bonds. The summed E-state index contributed by atoms with van der Waals surface area (Å²) in [6, 6.07) is 0. The third kappa shape index (κ3) is 3.58. The Kier molecular flexibility index (Phi) is 4.46. The zero-order valence-corrected chi connectivity index (χ0v) is 12.3. The fraction of sp³-hybridized carbons (Fsp3) is 0.545. The lowest BCUT2D eigenvalue weighted by molar-refractivity contribution is 0.675. The lowest BCUT2D eigenvalue weighted by Gasteiger charge is -2.21. The molecule has 4 N–H and O–H groups in total. The lowest BCUT2D eigenvalue weighted by Crippen LogP contribution is -2.22. The zero-order chi connectivity index (χ0) is 14.5. The SMILES string of the molecule is NNc1nc(NCC2CCCCS2)nc(-n2cncn2)n1. The first-order valence-electron chi connectivity index (χ1n) is 6.78. The van der Waals surface area contributed by atoms with Crippen molar-refractivity contribution in [2.75, 3.05) is 23.0 Å². The quantitative estimate of drug-likeness (QED) is 0.533. The van der Waals surface area contributed by atoms with Crippen LogP contribution in [0.1, 0.15) is 19.3 Å². The Balaban J connectivity index is 1.73. The van der Waals surface area contributed by atoms with Gasteiger partial charge < -0.3 is 5.32 Å². The number of nitrogen functional groups attached to an aromatic ring is 1. The smallest absolute Gasteiger partial charge is 0.258 e. The molecule has 0 aliphatic carbocycles. The first kappa shape index (κ1) is 14.0. The van der Waals surface area contributed by atoms with Crippen molar-refractivity contribution in [2.45, 2.75) is 24.5 Å². The van der Waals surface area contributed by atoms with Crippen LogP contribution in [0.3, 0.4) is 0 Å². The summed E-state index contributed by atoms with van der Waals surface area (Å²) in [4.78, 5) is 16.6. The van der Waals surface area contributed by atoms with Crippen LogP contribution in [-0.4, -0.2) is 47.3 Å². The van der Waals surface area contributed by atoms with Gasteiger partial charge >= 0.3 is 0 Å². The maximum Gasteiger partial charge on any atom is 0.258 e. The molecule has 2 aromatic rings. The molecule has 3 rings (SSSR count). The zero-order valence-electron chi connectivity index (χ0n) is 11.4. The van der Waals surface area contributed by atoms with Gasteiger partial charge in [-0.05, 0) is 18.6 Å². The van der Waals surface area contributed by atoms with Crippen molar-refractivity contribution in [3.05, 3.63) is 12.7 Å². The van der Waals surface area contributed by atoms with Gasteiger partial charge in [0.25, 0.3) is 5.95 Å². The number of hydrogen-bond donors (Lipinski definition) is 3. The molecule has 21 heavy (non-hydrogen) atoms. The summed E-state index contributed by atoms with van der Waals surface area (Å²) in [6.45, 7) is 0.829. The molecule has 1 aliphatic rings. The molecular weight excluding hydrogens is 290 g/mol. The second-order valence-electron chi connectivity index (χ2n) is 4.64. The van der Waals surface area contributed by atoms with Crippen LogP contribution < -0.4 is 16.6 Å². The fourth-order valence-electron chi connectivity index (χ4n) is 2.10. The first-order chi connectivity index (χ1) is 10.3. The van der Waals surface area contributed by atoms with Gasteiger partial charge in [-0.3, -0.25) is 5.43 Å². The molecule has 0 radical (unpaired) electrons.